The molecule has 0 aliphatic heterocycles. The predicted octanol–water partition coefficient (Wildman–Crippen LogP) is 2.30. The molecule has 2 aromatic heterocycles. The summed E-state index contributed by atoms with van der Waals surface area (Å²) in [6.45, 7) is 1.92. The number of hydrogen-bond acceptors (Lipinski definition) is 5. The van der Waals surface area contributed by atoms with Crippen LogP contribution in [-0.4, -0.2) is 34.0 Å². The Kier molecular flexibility index (Phi) is 3.42. The molecule has 6 nitrogen and oxygen atoms in total. The minimum absolute atomic E-state index is 0.413. The Balaban J connectivity index is 2.22. The number of pyridine rings is 1. The number of fused-ring (bicyclic) bond motifs is 1. The summed E-state index contributed by atoms with van der Waals surface area (Å²) in [6.07, 6.45) is 2.43. The highest BCUT2D eigenvalue weighted by Gasteiger charge is 2.14. The van der Waals surface area contributed by atoms with Gasteiger partial charge in [0.05, 0.1) is 12.7 Å². The molecule has 0 aliphatic carbocycles. The first-order valence-corrected chi connectivity index (χ1v) is 6.63. The van der Waals surface area contributed by atoms with E-state index in [4.69, 9.17) is 4.74 Å². The smallest absolute Gasteiger partial charge is 0.337 e. The number of benzene rings is 1. The zero-order valence-electron chi connectivity index (χ0n) is 12.1. The summed E-state index contributed by atoms with van der Waals surface area (Å²) in [5.74, 6) is 0.158. The number of aryl methyl sites for hydroxylation is 1. The quantitative estimate of drug-likeness (QED) is 0.547. The van der Waals surface area contributed by atoms with Gasteiger partial charge in [-0.05, 0) is 36.8 Å². The first-order chi connectivity index (χ1) is 10.6. The van der Waals surface area contributed by atoms with E-state index in [1.165, 1.54) is 7.11 Å². The Morgan fingerprint density at radius 1 is 1.23 bits per heavy atom. The lowest BCUT2D eigenvalue weighted by Gasteiger charge is -2.07. The molecule has 2 heterocycles. The Morgan fingerprint density at radius 3 is 2.77 bits per heavy atom. The van der Waals surface area contributed by atoms with Crippen LogP contribution in [0.15, 0.2) is 36.5 Å². The van der Waals surface area contributed by atoms with Gasteiger partial charge in [0.1, 0.15) is 0 Å². The maximum absolute atomic E-state index is 11.7. The number of aldehydes is 1. The number of carbonyl (C=O) groups is 2. The van der Waals surface area contributed by atoms with Gasteiger partial charge in [0.2, 0.25) is 0 Å². The van der Waals surface area contributed by atoms with Gasteiger partial charge in [-0.25, -0.2) is 4.79 Å². The summed E-state index contributed by atoms with van der Waals surface area (Å²) < 4.78 is 6.47. The van der Waals surface area contributed by atoms with Gasteiger partial charge in [-0.2, -0.15) is 0 Å². The van der Waals surface area contributed by atoms with Crippen LogP contribution in [0.25, 0.3) is 17.0 Å². The fourth-order valence-electron chi connectivity index (χ4n) is 2.27. The number of ether oxygens (including phenoxy) is 1. The lowest BCUT2D eigenvalue weighted by atomic mass is 10.0. The number of aromatic nitrogens is 3. The van der Waals surface area contributed by atoms with Crippen molar-refractivity contribution in [3.05, 3.63) is 53.2 Å². The molecule has 0 unspecified atom stereocenters. The van der Waals surface area contributed by atoms with Gasteiger partial charge >= 0.3 is 5.97 Å². The normalized spacial score (nSPS) is 10.6. The number of nitrogens with zero attached hydrogens (tertiary/aromatic N) is 3. The Morgan fingerprint density at radius 2 is 2.05 bits per heavy atom. The summed E-state index contributed by atoms with van der Waals surface area (Å²) in [6, 6.07) is 8.64. The van der Waals surface area contributed by atoms with Gasteiger partial charge in [0.25, 0.3) is 0 Å². The van der Waals surface area contributed by atoms with Crippen LogP contribution >= 0.6 is 0 Å². The third-order valence-electron chi connectivity index (χ3n) is 3.46. The molecular weight excluding hydrogens is 282 g/mol. The zero-order valence-corrected chi connectivity index (χ0v) is 12.1. The molecule has 0 aliphatic rings. The number of hydrogen-bond donors (Lipinski definition) is 0. The van der Waals surface area contributed by atoms with Gasteiger partial charge < -0.3 is 4.74 Å². The molecular formula is C16H13N3O3. The SMILES string of the molecule is COC(=O)c1ccc(C)c(-c2nnc3ccc(C=O)cn23)c1. The van der Waals surface area contributed by atoms with Gasteiger partial charge in [0.15, 0.2) is 17.8 Å². The number of rotatable bonds is 3. The van der Waals surface area contributed by atoms with Crippen LogP contribution in [0.4, 0.5) is 0 Å². The van der Waals surface area contributed by atoms with Crippen molar-refractivity contribution >= 4 is 17.9 Å². The fourth-order valence-corrected chi connectivity index (χ4v) is 2.27. The summed E-state index contributed by atoms with van der Waals surface area (Å²) in [5, 5.41) is 8.26. The summed E-state index contributed by atoms with van der Waals surface area (Å²) in [5.41, 5.74) is 3.29. The van der Waals surface area contributed by atoms with E-state index in [9.17, 15) is 9.59 Å². The van der Waals surface area contributed by atoms with Crippen LogP contribution in [-0.2, 0) is 4.74 Å². The predicted molar refractivity (Wildman–Crippen MR) is 79.9 cm³/mol. The second-order valence-corrected chi connectivity index (χ2v) is 4.85. The van der Waals surface area contributed by atoms with E-state index in [0.29, 0.717) is 22.6 Å². The average Bonchev–Trinajstić information content (AvgIpc) is 2.97. The van der Waals surface area contributed by atoms with Crippen molar-refractivity contribution in [3.8, 4) is 11.4 Å². The number of carbonyl (C=O) groups excluding carboxylic acids is 2. The minimum atomic E-state index is -0.413. The second kappa shape index (κ2) is 5.40. The maximum atomic E-state index is 11.7. The van der Waals surface area contributed by atoms with Gasteiger partial charge in [-0.1, -0.05) is 6.07 Å². The first-order valence-electron chi connectivity index (χ1n) is 6.63. The Labute approximate surface area is 126 Å². The largest absolute Gasteiger partial charge is 0.465 e. The third-order valence-corrected chi connectivity index (χ3v) is 3.46. The highest BCUT2D eigenvalue weighted by Crippen LogP contribution is 2.24. The van der Waals surface area contributed by atoms with Crippen LogP contribution in [0, 0.1) is 6.92 Å². The van der Waals surface area contributed by atoms with Crippen LogP contribution in [0.5, 0.6) is 0 Å². The molecule has 0 spiro atoms. The Bertz CT molecular complexity index is 883. The molecule has 110 valence electrons. The van der Waals surface area contributed by atoms with Crippen molar-refractivity contribution in [2.75, 3.05) is 7.11 Å². The van der Waals surface area contributed by atoms with E-state index in [-0.39, 0.29) is 0 Å². The zero-order chi connectivity index (χ0) is 15.7. The van der Waals surface area contributed by atoms with Gasteiger partial charge in [-0.15, -0.1) is 10.2 Å². The molecule has 3 rings (SSSR count). The van der Waals surface area contributed by atoms with Gasteiger partial charge in [0, 0.05) is 17.3 Å². The molecule has 0 atom stereocenters. The highest BCUT2D eigenvalue weighted by molar-refractivity contribution is 5.91. The van der Waals surface area contributed by atoms with Crippen molar-refractivity contribution in [1.29, 1.82) is 0 Å². The summed E-state index contributed by atoms with van der Waals surface area (Å²) in [7, 11) is 1.34. The third kappa shape index (κ3) is 2.24. The van der Waals surface area contributed by atoms with E-state index >= 15 is 0 Å². The molecule has 3 aromatic rings. The average molecular weight is 295 g/mol. The molecule has 0 saturated carbocycles. The summed E-state index contributed by atoms with van der Waals surface area (Å²) in [4.78, 5) is 22.7. The van der Waals surface area contributed by atoms with Crippen LogP contribution in [0.1, 0.15) is 26.3 Å². The van der Waals surface area contributed by atoms with Gasteiger partial charge in [-0.3, -0.25) is 9.20 Å². The Hall–Kier alpha value is -3.02. The molecule has 0 saturated heterocycles. The van der Waals surface area contributed by atoms with Crippen molar-refractivity contribution in [2.24, 2.45) is 0 Å². The second-order valence-electron chi connectivity index (χ2n) is 4.85. The summed E-state index contributed by atoms with van der Waals surface area (Å²) >= 11 is 0. The monoisotopic (exact) mass is 295 g/mol. The molecule has 1 aromatic carbocycles. The molecule has 0 fully saturated rings. The van der Waals surface area contributed by atoms with Crippen LogP contribution < -0.4 is 0 Å². The molecule has 0 radical (unpaired) electrons. The lowest BCUT2D eigenvalue weighted by Crippen LogP contribution is -2.02. The van der Waals surface area contributed by atoms with Crippen molar-refractivity contribution in [3.63, 3.8) is 0 Å². The molecule has 0 N–H and O–H groups in total. The van der Waals surface area contributed by atoms with E-state index in [2.05, 4.69) is 10.2 Å². The maximum Gasteiger partial charge on any atom is 0.337 e. The molecule has 0 amide bonds. The van der Waals surface area contributed by atoms with E-state index in [1.54, 1.807) is 34.9 Å². The fraction of sp³-hybridized carbons (Fsp3) is 0.125. The minimum Gasteiger partial charge on any atom is -0.465 e. The van der Waals surface area contributed by atoms with Crippen LogP contribution in [0.2, 0.25) is 0 Å². The molecule has 22 heavy (non-hydrogen) atoms. The van der Waals surface area contributed by atoms with Crippen molar-refractivity contribution < 1.29 is 14.3 Å². The lowest BCUT2D eigenvalue weighted by molar-refractivity contribution is 0.0600. The molecule has 0 bridgehead atoms. The van der Waals surface area contributed by atoms with E-state index in [0.717, 1.165) is 17.4 Å². The van der Waals surface area contributed by atoms with Crippen LogP contribution in [0.3, 0.4) is 0 Å². The standard InChI is InChI=1S/C16H13N3O3/c1-10-3-5-12(16(21)22-2)7-13(10)15-18-17-14-6-4-11(9-20)8-19(14)15/h3-9H,1-2H3. The molecule has 6 heteroatoms. The van der Waals surface area contributed by atoms with E-state index in [1.807, 2.05) is 13.0 Å². The number of esters is 1. The highest BCUT2D eigenvalue weighted by atomic mass is 16.5. The number of methoxy groups -OCH3 is 1. The van der Waals surface area contributed by atoms with Crippen molar-refractivity contribution in [2.45, 2.75) is 6.92 Å². The first kappa shape index (κ1) is 13.9. The van der Waals surface area contributed by atoms with Crippen molar-refractivity contribution in [1.82, 2.24) is 14.6 Å². The topological polar surface area (TPSA) is 73.6 Å². The van der Waals surface area contributed by atoms with E-state index < -0.39 is 5.97 Å².